The second kappa shape index (κ2) is 35.9. The van der Waals surface area contributed by atoms with Gasteiger partial charge in [0.1, 0.15) is 12.2 Å². The van der Waals surface area contributed by atoms with Gasteiger partial charge in [-0.1, -0.05) is 159 Å². The molecule has 0 amide bonds. The molecule has 12 heteroatoms. The van der Waals surface area contributed by atoms with Gasteiger partial charge in [0.15, 0.2) is 0 Å². The molecule has 0 fully saturated rings. The first kappa shape index (κ1) is 57.6. The van der Waals surface area contributed by atoms with Gasteiger partial charge in [-0.3, -0.25) is 13.8 Å². The minimum atomic E-state index is -4.58. The predicted octanol–water partition coefficient (Wildman–Crippen LogP) is 12.3. The summed E-state index contributed by atoms with van der Waals surface area (Å²) < 4.78 is 38.7. The molecule has 1 rings (SSSR count). The van der Waals surface area contributed by atoms with Crippen LogP contribution in [-0.2, 0) is 37.4 Å². The Kier molecular flexibility index (Phi) is 33.4. The second-order valence-electron chi connectivity index (χ2n) is 17.8. The average molecular weight is 895 g/mol. The van der Waals surface area contributed by atoms with Crippen molar-refractivity contribution in [3.63, 3.8) is 0 Å². The lowest BCUT2D eigenvalue weighted by Gasteiger charge is -2.32. The third-order valence-electron chi connectivity index (χ3n) is 11.2. The molecule has 0 aliphatic heterocycles. The maximum atomic E-state index is 12.7. The van der Waals surface area contributed by atoms with Gasteiger partial charge in [0.2, 0.25) is 0 Å². The molecule has 0 aromatic heterocycles. The van der Waals surface area contributed by atoms with E-state index in [9.17, 15) is 24.2 Å². The summed E-state index contributed by atoms with van der Waals surface area (Å²) in [6, 6.07) is 0. The number of phosphoric ester groups is 1. The summed E-state index contributed by atoms with van der Waals surface area (Å²) in [4.78, 5) is 35.0. The van der Waals surface area contributed by atoms with E-state index in [-0.39, 0.29) is 25.0 Å². The van der Waals surface area contributed by atoms with Crippen molar-refractivity contribution in [3.8, 4) is 0 Å². The lowest BCUT2D eigenvalue weighted by molar-refractivity contribution is -0.154. The van der Waals surface area contributed by atoms with Crippen molar-refractivity contribution < 1.29 is 52.5 Å². The Balaban J connectivity index is 2.37. The highest BCUT2D eigenvalue weighted by molar-refractivity contribution is 7.47. The Labute approximate surface area is 376 Å². The molecule has 1 unspecified atom stereocenters. The molecule has 3 atom stereocenters. The van der Waals surface area contributed by atoms with Gasteiger partial charge in [-0.2, -0.15) is 0 Å². The van der Waals surface area contributed by atoms with Crippen LogP contribution in [0.1, 0.15) is 189 Å². The normalized spacial score (nSPS) is 16.9. The largest absolute Gasteiger partial charge is 0.472 e. The molecule has 0 radical (unpaired) electrons. The first-order chi connectivity index (χ1) is 29.7. The summed E-state index contributed by atoms with van der Waals surface area (Å²) in [6.07, 6.45) is 35.1. The molecule has 0 heterocycles. The molecule has 3 N–H and O–H groups in total. The Morgan fingerprint density at radius 1 is 0.774 bits per heavy atom. The molecule has 0 saturated heterocycles. The Bertz CT molecular complexity index is 1410. The minimum Gasteiger partial charge on any atom is -0.463 e. The summed E-state index contributed by atoms with van der Waals surface area (Å²) in [5.41, 5.74) is 4.99. The van der Waals surface area contributed by atoms with E-state index in [0.29, 0.717) is 25.9 Å². The molecule has 0 spiro atoms. The summed E-state index contributed by atoms with van der Waals surface area (Å²) in [5.74, 6) is -0.936. The van der Waals surface area contributed by atoms with Gasteiger partial charge in [0.05, 0.1) is 33.0 Å². The number of aliphatic hydroxyl groups excluding tert-OH is 2. The van der Waals surface area contributed by atoms with Crippen LogP contribution in [0.4, 0.5) is 0 Å². The maximum Gasteiger partial charge on any atom is 0.472 e. The monoisotopic (exact) mass is 895 g/mol. The Hall–Kier alpha value is -2.37. The molecular formula is C50H87O11P. The zero-order valence-electron chi connectivity index (χ0n) is 39.7. The van der Waals surface area contributed by atoms with Crippen LogP contribution in [0.3, 0.4) is 0 Å². The lowest BCUT2D eigenvalue weighted by atomic mass is 9.72. The quantitative estimate of drug-likeness (QED) is 0.0178. The van der Waals surface area contributed by atoms with Crippen molar-refractivity contribution in [2.75, 3.05) is 39.6 Å². The smallest absolute Gasteiger partial charge is 0.463 e. The molecule has 0 aromatic rings. The van der Waals surface area contributed by atoms with E-state index in [1.54, 1.807) is 0 Å². The number of allylic oxidation sites excluding steroid dienone is 9. The van der Waals surface area contributed by atoms with Crippen molar-refractivity contribution in [1.29, 1.82) is 0 Å². The van der Waals surface area contributed by atoms with Gasteiger partial charge in [-0.15, -0.1) is 0 Å². The van der Waals surface area contributed by atoms with E-state index in [1.165, 1.54) is 114 Å². The number of carbonyl (C=O) groups excluding carboxylic acids is 2. The molecule has 11 nitrogen and oxygen atoms in total. The number of aliphatic hydroxyl groups is 2. The number of phosphoric acid groups is 1. The molecule has 1 aliphatic rings. The Morgan fingerprint density at radius 3 is 1.94 bits per heavy atom. The van der Waals surface area contributed by atoms with Gasteiger partial charge in [-0.25, -0.2) is 9.36 Å². The molecule has 358 valence electrons. The van der Waals surface area contributed by atoms with Gasteiger partial charge < -0.3 is 29.3 Å². The number of rotatable bonds is 38. The van der Waals surface area contributed by atoms with E-state index in [4.69, 9.17) is 28.4 Å². The third-order valence-corrected chi connectivity index (χ3v) is 12.1. The van der Waals surface area contributed by atoms with E-state index < -0.39 is 51.8 Å². The first-order valence-corrected chi connectivity index (χ1v) is 25.4. The number of hydrogen-bond donors (Lipinski definition) is 3. The van der Waals surface area contributed by atoms with Crippen LogP contribution < -0.4 is 0 Å². The second-order valence-corrected chi connectivity index (χ2v) is 19.2. The topological polar surface area (TPSA) is 158 Å². The minimum absolute atomic E-state index is 0.0224. The van der Waals surface area contributed by atoms with Crippen molar-refractivity contribution in [2.45, 2.75) is 201 Å². The van der Waals surface area contributed by atoms with Crippen molar-refractivity contribution >= 4 is 19.8 Å². The number of esters is 2. The van der Waals surface area contributed by atoms with E-state index in [1.807, 2.05) is 25.2 Å². The average Bonchev–Trinajstić information content (AvgIpc) is 3.22. The molecular weight excluding hydrogens is 808 g/mol. The fourth-order valence-corrected chi connectivity index (χ4v) is 8.19. The molecule has 0 aromatic carbocycles. The number of ether oxygens (including phenoxy) is 3. The standard InChI is InChI=1S/C50H87O11P/c1-7-8-9-10-11-12-13-14-15-16-17-18-19-20-21-24-35-57-40-46(41-60-62(55,56)59-39-45(52)38-51)61-48(53)31-23-22-25-36-58-49(54)37-43(3)29-26-28-42(2)32-33-47-44(4)30-27-34-50(47,5)6/h26,28-29,32-33,37,45-46,51-52H,7-25,27,30-31,34-36,38-41H2,1-6H3,(H,55,56)/b29-26+,33-32+,42-28+,43-37+/t45-,46+/m0/s1. The van der Waals surface area contributed by atoms with Gasteiger partial charge in [0.25, 0.3) is 0 Å². The summed E-state index contributed by atoms with van der Waals surface area (Å²) in [6.45, 7) is 12.0. The van der Waals surface area contributed by atoms with E-state index in [0.717, 1.165) is 36.8 Å². The summed E-state index contributed by atoms with van der Waals surface area (Å²) >= 11 is 0. The van der Waals surface area contributed by atoms with Crippen LogP contribution in [-0.4, -0.2) is 78.9 Å². The van der Waals surface area contributed by atoms with Crippen LogP contribution >= 0.6 is 7.82 Å². The van der Waals surface area contributed by atoms with Crippen LogP contribution in [0.5, 0.6) is 0 Å². The zero-order valence-corrected chi connectivity index (χ0v) is 40.6. The van der Waals surface area contributed by atoms with Crippen molar-refractivity contribution in [3.05, 3.63) is 58.7 Å². The molecule has 62 heavy (non-hydrogen) atoms. The highest BCUT2D eigenvalue weighted by Crippen LogP contribution is 2.43. The van der Waals surface area contributed by atoms with Gasteiger partial charge in [-0.05, 0) is 82.3 Å². The van der Waals surface area contributed by atoms with Crippen LogP contribution in [0, 0.1) is 5.41 Å². The fraction of sp³-hybridized carbons (Fsp3) is 0.760. The third kappa shape index (κ3) is 31.5. The Morgan fingerprint density at radius 2 is 1.34 bits per heavy atom. The maximum absolute atomic E-state index is 12.7. The molecule has 1 aliphatic carbocycles. The zero-order chi connectivity index (χ0) is 45.9. The first-order valence-electron chi connectivity index (χ1n) is 24.0. The number of hydrogen-bond acceptors (Lipinski definition) is 10. The highest BCUT2D eigenvalue weighted by Gasteiger charge is 2.27. The fourth-order valence-electron chi connectivity index (χ4n) is 7.40. The number of unbranched alkanes of at least 4 members (excludes halogenated alkanes) is 17. The van der Waals surface area contributed by atoms with Crippen LogP contribution in [0.15, 0.2) is 58.7 Å². The SMILES string of the molecule is CCCCCCCCCCCCCCCCCCOC[C@H](COP(=O)(O)OC[C@@H](O)CO)OC(=O)CCCCCOC(=O)/C=C(C)/C=C/C=C(C)/C=C/C1=C(C)CCCC1(C)C. The number of carbonyl (C=O) groups is 2. The van der Waals surface area contributed by atoms with Crippen molar-refractivity contribution in [2.24, 2.45) is 5.41 Å². The van der Waals surface area contributed by atoms with Gasteiger partial charge in [0, 0.05) is 19.1 Å². The van der Waals surface area contributed by atoms with Crippen molar-refractivity contribution in [1.82, 2.24) is 0 Å². The van der Waals surface area contributed by atoms with Crippen LogP contribution in [0.25, 0.3) is 0 Å². The van der Waals surface area contributed by atoms with E-state index >= 15 is 0 Å². The van der Waals surface area contributed by atoms with E-state index in [2.05, 4.69) is 46.8 Å². The lowest BCUT2D eigenvalue weighted by Crippen LogP contribution is -2.29. The predicted molar refractivity (Wildman–Crippen MR) is 251 cm³/mol. The summed E-state index contributed by atoms with van der Waals surface area (Å²) in [7, 11) is -4.58. The highest BCUT2D eigenvalue weighted by atomic mass is 31.2. The molecule has 0 bridgehead atoms. The van der Waals surface area contributed by atoms with Crippen LogP contribution in [0.2, 0.25) is 0 Å². The van der Waals surface area contributed by atoms with Gasteiger partial charge >= 0.3 is 19.8 Å². The molecule has 0 saturated carbocycles. The summed E-state index contributed by atoms with van der Waals surface area (Å²) in [5, 5.41) is 18.4.